The third-order valence-corrected chi connectivity index (χ3v) is 5.37. The molecule has 3 aromatic rings. The van der Waals surface area contributed by atoms with Gasteiger partial charge in [0.05, 0.1) is 0 Å². The van der Waals surface area contributed by atoms with Gasteiger partial charge in [-0.05, 0) is 24.3 Å². The average Bonchev–Trinajstić information content (AvgIpc) is 2.63. The van der Waals surface area contributed by atoms with Crippen LogP contribution >= 0.6 is 15.9 Å². The van der Waals surface area contributed by atoms with Crippen molar-refractivity contribution in [3.05, 3.63) is 94.0 Å². The maximum atomic E-state index is 6.45. The first-order valence-electron chi connectivity index (χ1n) is 8.07. The van der Waals surface area contributed by atoms with Crippen molar-refractivity contribution in [2.24, 2.45) is 0 Å². The molecule has 2 nitrogen and oxygen atoms in total. The van der Waals surface area contributed by atoms with Gasteiger partial charge >= 0.3 is 0 Å². The van der Waals surface area contributed by atoms with Gasteiger partial charge in [0.25, 0.3) is 5.79 Å². The molecule has 0 aromatic heterocycles. The summed E-state index contributed by atoms with van der Waals surface area (Å²) in [5.41, 5.74) is 3.50. The number of fused-ring (bicyclic) bond motifs is 6. The number of para-hydroxylation sites is 1. The first kappa shape index (κ1) is 14.1. The predicted octanol–water partition coefficient (Wildman–Crippen LogP) is 5.61. The Kier molecular flexibility index (Phi) is 3.01. The second kappa shape index (κ2) is 5.12. The predicted molar refractivity (Wildman–Crippen MR) is 96.4 cm³/mol. The van der Waals surface area contributed by atoms with Crippen molar-refractivity contribution in [2.75, 3.05) is 0 Å². The Balaban J connectivity index is 1.77. The molecular weight excluding hydrogens is 364 g/mol. The van der Waals surface area contributed by atoms with Gasteiger partial charge < -0.3 is 9.47 Å². The zero-order valence-electron chi connectivity index (χ0n) is 12.9. The molecule has 5 rings (SSSR count). The van der Waals surface area contributed by atoms with Gasteiger partial charge in [-0.2, -0.15) is 0 Å². The van der Waals surface area contributed by atoms with Crippen molar-refractivity contribution < 1.29 is 9.47 Å². The fraction of sp³-hybridized carbons (Fsp3) is 0.143. The lowest BCUT2D eigenvalue weighted by atomic mass is 9.78. The third kappa shape index (κ3) is 2.01. The van der Waals surface area contributed by atoms with Crippen LogP contribution in [0.4, 0.5) is 0 Å². The van der Waals surface area contributed by atoms with Gasteiger partial charge in [0.1, 0.15) is 11.5 Å². The maximum absolute atomic E-state index is 6.45. The van der Waals surface area contributed by atoms with Crippen molar-refractivity contribution >= 4 is 15.9 Å². The maximum Gasteiger partial charge on any atom is 0.278 e. The van der Waals surface area contributed by atoms with Gasteiger partial charge in [-0.3, -0.25) is 0 Å². The molecule has 24 heavy (non-hydrogen) atoms. The van der Waals surface area contributed by atoms with E-state index in [-0.39, 0.29) is 5.92 Å². The summed E-state index contributed by atoms with van der Waals surface area (Å²) in [5.74, 6) is 1.30. The summed E-state index contributed by atoms with van der Waals surface area (Å²) in [5, 5.41) is 0. The minimum atomic E-state index is -0.763. The molecule has 0 radical (unpaired) electrons. The van der Waals surface area contributed by atoms with E-state index in [1.807, 2.05) is 42.5 Å². The van der Waals surface area contributed by atoms with Crippen LogP contribution in [0.15, 0.2) is 77.3 Å². The first-order valence-corrected chi connectivity index (χ1v) is 8.86. The highest BCUT2D eigenvalue weighted by atomic mass is 79.9. The molecule has 0 saturated carbocycles. The van der Waals surface area contributed by atoms with Crippen molar-refractivity contribution in [1.29, 1.82) is 0 Å². The molecule has 0 saturated heterocycles. The minimum absolute atomic E-state index is 0.261. The summed E-state index contributed by atoms with van der Waals surface area (Å²) in [4.78, 5) is 0. The van der Waals surface area contributed by atoms with E-state index < -0.39 is 5.79 Å². The molecule has 3 heteroatoms. The highest BCUT2D eigenvalue weighted by Crippen LogP contribution is 2.54. The molecule has 118 valence electrons. The average molecular weight is 379 g/mol. The van der Waals surface area contributed by atoms with Crippen LogP contribution in [0.2, 0.25) is 0 Å². The van der Waals surface area contributed by atoms with Crippen LogP contribution in [0.3, 0.4) is 0 Å². The highest BCUT2D eigenvalue weighted by molar-refractivity contribution is 9.10. The van der Waals surface area contributed by atoms with Gasteiger partial charge in [0.2, 0.25) is 0 Å². The van der Waals surface area contributed by atoms with E-state index in [1.54, 1.807) is 0 Å². The van der Waals surface area contributed by atoms with Crippen LogP contribution in [0.25, 0.3) is 0 Å². The zero-order chi connectivity index (χ0) is 16.1. The molecular formula is C21H15BrO2. The number of ether oxygens (including phenoxy) is 2. The van der Waals surface area contributed by atoms with Crippen LogP contribution in [-0.4, -0.2) is 0 Å². The number of halogens is 1. The molecule has 2 aliphatic rings. The van der Waals surface area contributed by atoms with Gasteiger partial charge in [-0.25, -0.2) is 0 Å². The fourth-order valence-corrected chi connectivity index (χ4v) is 4.17. The summed E-state index contributed by atoms with van der Waals surface area (Å²) in [6.07, 6.45) is 0.775. The molecule has 0 N–H and O–H groups in total. The molecule has 0 spiro atoms. The van der Waals surface area contributed by atoms with E-state index in [1.165, 1.54) is 11.1 Å². The number of benzene rings is 3. The van der Waals surface area contributed by atoms with Crippen molar-refractivity contribution in [1.82, 2.24) is 0 Å². The normalized spacial score (nSPS) is 23.5. The second-order valence-corrected chi connectivity index (χ2v) is 7.22. The second-order valence-electron chi connectivity index (χ2n) is 6.30. The SMILES string of the molecule is Brc1ccc2c(c1)[C@H]1C[C@](c3ccccc3)(Oc3ccccc31)O2. The van der Waals surface area contributed by atoms with Crippen LogP contribution < -0.4 is 9.47 Å². The Morgan fingerprint density at radius 3 is 2.33 bits per heavy atom. The summed E-state index contributed by atoms with van der Waals surface area (Å²) < 4.78 is 13.9. The minimum Gasteiger partial charge on any atom is -0.448 e. The van der Waals surface area contributed by atoms with Crippen LogP contribution in [0.5, 0.6) is 11.5 Å². The van der Waals surface area contributed by atoms with Crippen molar-refractivity contribution in [2.45, 2.75) is 18.1 Å². The Bertz CT molecular complexity index is 922. The lowest BCUT2D eigenvalue weighted by Crippen LogP contribution is -2.46. The smallest absolute Gasteiger partial charge is 0.278 e. The van der Waals surface area contributed by atoms with E-state index in [2.05, 4.69) is 46.3 Å². The van der Waals surface area contributed by atoms with E-state index >= 15 is 0 Å². The van der Waals surface area contributed by atoms with Crippen LogP contribution in [0, 0.1) is 0 Å². The molecule has 2 atom stereocenters. The lowest BCUT2D eigenvalue weighted by Gasteiger charge is -2.46. The Morgan fingerprint density at radius 1 is 0.792 bits per heavy atom. The quantitative estimate of drug-likeness (QED) is 0.547. The van der Waals surface area contributed by atoms with Gasteiger partial charge in [-0.15, -0.1) is 0 Å². The van der Waals surface area contributed by atoms with Crippen LogP contribution in [0.1, 0.15) is 29.0 Å². The summed E-state index contributed by atoms with van der Waals surface area (Å²) in [6.45, 7) is 0. The van der Waals surface area contributed by atoms with Gasteiger partial charge in [-0.1, -0.05) is 64.5 Å². The molecule has 2 bridgehead atoms. The lowest BCUT2D eigenvalue weighted by molar-refractivity contribution is -0.148. The van der Waals surface area contributed by atoms with E-state index in [9.17, 15) is 0 Å². The molecule has 2 heterocycles. The van der Waals surface area contributed by atoms with E-state index in [0.717, 1.165) is 28.0 Å². The number of hydrogen-bond donors (Lipinski definition) is 0. The Hall–Kier alpha value is -2.26. The molecule has 0 amide bonds. The molecule has 0 fully saturated rings. The van der Waals surface area contributed by atoms with E-state index in [0.29, 0.717) is 0 Å². The van der Waals surface area contributed by atoms with Gasteiger partial charge in [0, 0.05) is 33.5 Å². The molecule has 3 aromatic carbocycles. The fourth-order valence-electron chi connectivity index (χ4n) is 3.79. The number of hydrogen-bond acceptors (Lipinski definition) is 2. The van der Waals surface area contributed by atoms with Gasteiger partial charge in [0.15, 0.2) is 0 Å². The molecule has 0 aliphatic carbocycles. The van der Waals surface area contributed by atoms with Crippen LogP contribution in [-0.2, 0) is 5.79 Å². The first-order chi connectivity index (χ1) is 11.8. The highest BCUT2D eigenvalue weighted by Gasteiger charge is 2.49. The zero-order valence-corrected chi connectivity index (χ0v) is 14.5. The monoisotopic (exact) mass is 378 g/mol. The summed E-state index contributed by atoms with van der Waals surface area (Å²) >= 11 is 3.59. The standard InChI is InChI=1S/C21H15BrO2/c22-15-10-11-20-17(12-15)18-13-21(24-20,14-6-2-1-3-7-14)23-19-9-5-4-8-16(18)19/h1-12,18H,13H2/t18-,21-/m0/s1. The third-order valence-electron chi connectivity index (χ3n) is 4.88. The Labute approximate surface area is 149 Å². The topological polar surface area (TPSA) is 18.5 Å². The van der Waals surface area contributed by atoms with E-state index in [4.69, 9.17) is 9.47 Å². The van der Waals surface area contributed by atoms with Crippen molar-refractivity contribution in [3.8, 4) is 11.5 Å². The molecule has 2 aliphatic heterocycles. The Morgan fingerprint density at radius 2 is 1.50 bits per heavy atom. The largest absolute Gasteiger partial charge is 0.448 e. The van der Waals surface area contributed by atoms with Crippen molar-refractivity contribution in [3.63, 3.8) is 0 Å². The number of rotatable bonds is 1. The summed E-state index contributed by atoms with van der Waals surface area (Å²) in [6, 6.07) is 24.7. The summed E-state index contributed by atoms with van der Waals surface area (Å²) in [7, 11) is 0. The molecule has 0 unspecified atom stereocenters.